The van der Waals surface area contributed by atoms with E-state index in [2.05, 4.69) is 42.5 Å². The van der Waals surface area contributed by atoms with Crippen LogP contribution in [0.2, 0.25) is 0 Å². The van der Waals surface area contributed by atoms with Gasteiger partial charge in [-0.3, -0.25) is 9.89 Å². The predicted octanol–water partition coefficient (Wildman–Crippen LogP) is 3.13. The molecule has 0 saturated heterocycles. The Kier molecular flexibility index (Phi) is 4.92. The summed E-state index contributed by atoms with van der Waals surface area (Å²) >= 11 is 4.72. The Morgan fingerprint density at radius 1 is 1.54 bits per heavy atom. The van der Waals surface area contributed by atoms with E-state index >= 15 is 0 Å². The lowest BCUT2D eigenvalue weighted by Crippen LogP contribution is -2.47. The molecule has 3 rings (SSSR count). The Balaban J connectivity index is 1.59. The number of nitriles is 1. The van der Waals surface area contributed by atoms with E-state index < -0.39 is 5.54 Å². The van der Waals surface area contributed by atoms with Crippen LogP contribution in [0.3, 0.4) is 0 Å². The Morgan fingerprint density at radius 2 is 2.29 bits per heavy atom. The van der Waals surface area contributed by atoms with E-state index in [-0.39, 0.29) is 17.6 Å². The lowest BCUT2D eigenvalue weighted by atomic mass is 9.98. The maximum absolute atomic E-state index is 12.1. The number of aromatic amines is 1. The number of nitrogens with one attached hydrogen (secondary N) is 2. The van der Waals surface area contributed by atoms with E-state index in [4.69, 9.17) is 0 Å². The molecule has 124 valence electrons. The van der Waals surface area contributed by atoms with E-state index in [1.807, 2.05) is 24.3 Å². The molecule has 0 aliphatic heterocycles. The molecule has 1 atom stereocenters. The maximum atomic E-state index is 12.1. The second kappa shape index (κ2) is 6.95. The van der Waals surface area contributed by atoms with E-state index in [1.165, 1.54) is 11.8 Å². The van der Waals surface area contributed by atoms with Crippen molar-refractivity contribution in [2.24, 2.45) is 5.92 Å². The fraction of sp³-hybridized carbons (Fsp3) is 0.375. The molecule has 24 heavy (non-hydrogen) atoms. The Labute approximate surface area is 152 Å². The number of hydrogen-bond donors (Lipinski definition) is 2. The smallest absolute Gasteiger partial charge is 0.231 e. The van der Waals surface area contributed by atoms with Gasteiger partial charge in [-0.2, -0.15) is 5.26 Å². The van der Waals surface area contributed by atoms with Crippen molar-refractivity contribution in [2.75, 3.05) is 5.75 Å². The zero-order valence-corrected chi connectivity index (χ0v) is 15.4. The first-order valence-corrected chi connectivity index (χ1v) is 9.32. The first-order chi connectivity index (χ1) is 11.5. The summed E-state index contributed by atoms with van der Waals surface area (Å²) in [5, 5.41) is 19.6. The fourth-order valence-corrected chi connectivity index (χ4v) is 3.49. The molecule has 1 aliphatic carbocycles. The van der Waals surface area contributed by atoms with Crippen molar-refractivity contribution in [1.82, 2.24) is 20.5 Å². The average molecular weight is 406 g/mol. The number of carbonyl (C=O) groups excluding carboxylic acids is 1. The van der Waals surface area contributed by atoms with Gasteiger partial charge in [0.25, 0.3) is 0 Å². The third-order valence-corrected chi connectivity index (χ3v) is 5.49. The number of thioether (sulfide) groups is 1. The lowest BCUT2D eigenvalue weighted by Gasteiger charge is -2.22. The molecule has 1 fully saturated rings. The number of nitrogens with zero attached hydrogens (tertiary/aromatic N) is 3. The molecule has 1 aromatic heterocycles. The molecular weight excluding hydrogens is 390 g/mol. The van der Waals surface area contributed by atoms with Gasteiger partial charge >= 0.3 is 0 Å². The third kappa shape index (κ3) is 3.79. The topological polar surface area (TPSA) is 94.5 Å². The third-order valence-electron chi connectivity index (χ3n) is 3.95. The molecule has 1 saturated carbocycles. The molecule has 0 spiro atoms. The standard InChI is InChI=1S/C16H16BrN5OS/c1-16(9-18,10-6-7-10)20-13(23)8-24-15-19-14(21-22-15)11-4-2-3-5-12(11)17/h2-5,10H,6-8H2,1H3,(H,20,23)(H,19,21,22)/t16-/m0/s1. The highest BCUT2D eigenvalue weighted by molar-refractivity contribution is 9.10. The molecule has 1 amide bonds. The zero-order valence-electron chi connectivity index (χ0n) is 13.0. The Bertz CT molecular complexity index is 798. The van der Waals surface area contributed by atoms with E-state index in [1.54, 1.807) is 6.92 Å². The van der Waals surface area contributed by atoms with Crippen molar-refractivity contribution in [3.05, 3.63) is 28.7 Å². The Hall–Kier alpha value is -1.85. The first-order valence-electron chi connectivity index (χ1n) is 7.54. The first kappa shape index (κ1) is 17.0. The summed E-state index contributed by atoms with van der Waals surface area (Å²) in [6.07, 6.45) is 1.99. The minimum absolute atomic E-state index is 0.178. The summed E-state index contributed by atoms with van der Waals surface area (Å²) < 4.78 is 0.921. The van der Waals surface area contributed by atoms with Crippen molar-refractivity contribution < 1.29 is 4.79 Å². The van der Waals surface area contributed by atoms with Crippen LogP contribution >= 0.6 is 27.7 Å². The van der Waals surface area contributed by atoms with Gasteiger partial charge in [0, 0.05) is 10.0 Å². The van der Waals surface area contributed by atoms with Crippen molar-refractivity contribution in [2.45, 2.75) is 30.5 Å². The second-order valence-electron chi connectivity index (χ2n) is 5.87. The fourth-order valence-electron chi connectivity index (χ4n) is 2.42. The molecule has 6 nitrogen and oxygen atoms in total. The lowest BCUT2D eigenvalue weighted by molar-refractivity contribution is -0.119. The zero-order chi connectivity index (χ0) is 17.2. The van der Waals surface area contributed by atoms with Crippen LogP contribution in [0.1, 0.15) is 19.8 Å². The largest absolute Gasteiger partial charge is 0.337 e. The summed E-state index contributed by atoms with van der Waals surface area (Å²) in [5.41, 5.74) is 0.142. The van der Waals surface area contributed by atoms with Gasteiger partial charge in [-0.1, -0.05) is 45.9 Å². The van der Waals surface area contributed by atoms with Crippen molar-refractivity contribution in [3.63, 3.8) is 0 Å². The highest BCUT2D eigenvalue weighted by atomic mass is 79.9. The van der Waals surface area contributed by atoms with Gasteiger partial charge in [0.15, 0.2) is 5.82 Å². The number of rotatable bonds is 6. The summed E-state index contributed by atoms with van der Waals surface area (Å²) in [4.78, 5) is 16.5. The van der Waals surface area contributed by atoms with Crippen LogP contribution in [0.25, 0.3) is 11.4 Å². The molecule has 0 bridgehead atoms. The molecule has 1 aliphatic rings. The number of carbonyl (C=O) groups is 1. The van der Waals surface area contributed by atoms with Gasteiger partial charge in [-0.15, -0.1) is 5.10 Å². The molecule has 0 unspecified atom stereocenters. The van der Waals surface area contributed by atoms with Crippen LogP contribution in [0.5, 0.6) is 0 Å². The van der Waals surface area contributed by atoms with Crippen molar-refractivity contribution >= 4 is 33.6 Å². The predicted molar refractivity (Wildman–Crippen MR) is 95.1 cm³/mol. The van der Waals surface area contributed by atoms with E-state index in [9.17, 15) is 10.1 Å². The van der Waals surface area contributed by atoms with Crippen LogP contribution in [-0.4, -0.2) is 32.4 Å². The monoisotopic (exact) mass is 405 g/mol. The van der Waals surface area contributed by atoms with Crippen LogP contribution < -0.4 is 5.32 Å². The number of hydrogen-bond acceptors (Lipinski definition) is 5. The molecule has 1 aromatic carbocycles. The number of benzene rings is 1. The molecule has 0 radical (unpaired) electrons. The molecule has 8 heteroatoms. The van der Waals surface area contributed by atoms with E-state index in [0.29, 0.717) is 11.0 Å². The summed E-state index contributed by atoms with van der Waals surface area (Å²) in [6, 6.07) is 9.92. The van der Waals surface area contributed by atoms with Crippen molar-refractivity contribution in [1.29, 1.82) is 5.26 Å². The van der Waals surface area contributed by atoms with Gasteiger partial charge in [-0.25, -0.2) is 4.98 Å². The number of aromatic nitrogens is 3. The minimum Gasteiger partial charge on any atom is -0.337 e. The highest BCUT2D eigenvalue weighted by Crippen LogP contribution is 2.39. The maximum Gasteiger partial charge on any atom is 0.231 e. The molecule has 2 N–H and O–H groups in total. The van der Waals surface area contributed by atoms with Crippen molar-refractivity contribution in [3.8, 4) is 17.5 Å². The normalized spacial score (nSPS) is 16.2. The van der Waals surface area contributed by atoms with Gasteiger partial charge in [-0.05, 0) is 31.7 Å². The van der Waals surface area contributed by atoms with Crippen LogP contribution in [-0.2, 0) is 4.79 Å². The molecular formula is C16H16BrN5OS. The molecule has 2 aromatic rings. The summed E-state index contributed by atoms with van der Waals surface area (Å²) in [7, 11) is 0. The van der Waals surface area contributed by atoms with Crippen LogP contribution in [0, 0.1) is 17.2 Å². The summed E-state index contributed by atoms with van der Waals surface area (Å²) in [5.74, 6) is 0.910. The van der Waals surface area contributed by atoms with Gasteiger partial charge in [0.1, 0.15) is 5.54 Å². The average Bonchev–Trinajstić information content (AvgIpc) is 3.33. The van der Waals surface area contributed by atoms with Gasteiger partial charge in [0.2, 0.25) is 11.1 Å². The minimum atomic E-state index is -0.767. The van der Waals surface area contributed by atoms with Crippen LogP contribution in [0.15, 0.2) is 33.9 Å². The van der Waals surface area contributed by atoms with Gasteiger partial charge in [0.05, 0.1) is 11.8 Å². The van der Waals surface area contributed by atoms with Crippen LogP contribution in [0.4, 0.5) is 0 Å². The second-order valence-corrected chi connectivity index (χ2v) is 7.67. The SMILES string of the molecule is C[C@@](C#N)(NC(=O)CSc1n[nH]c(-c2ccccc2Br)n1)C1CC1. The van der Waals surface area contributed by atoms with Gasteiger partial charge < -0.3 is 5.32 Å². The highest BCUT2D eigenvalue weighted by Gasteiger charge is 2.42. The number of H-pyrrole nitrogens is 1. The Morgan fingerprint density at radius 3 is 2.96 bits per heavy atom. The molecule has 1 heterocycles. The number of halogens is 1. The quantitative estimate of drug-likeness (QED) is 0.719. The van der Waals surface area contributed by atoms with E-state index in [0.717, 1.165) is 22.9 Å². The number of amides is 1. The summed E-state index contributed by atoms with van der Waals surface area (Å²) in [6.45, 7) is 1.78.